The average Bonchev–Trinajstić information content (AvgIpc) is 2.78. The molecule has 2 atom stereocenters. The number of ether oxygens (including phenoxy) is 1. The molecule has 1 saturated heterocycles. The molecule has 0 radical (unpaired) electrons. The molecule has 8 heteroatoms. The van der Waals surface area contributed by atoms with Crippen molar-refractivity contribution in [2.24, 2.45) is 0 Å². The van der Waals surface area contributed by atoms with Gasteiger partial charge in [-0.05, 0) is 44.5 Å². The fourth-order valence-corrected chi connectivity index (χ4v) is 2.40. The van der Waals surface area contributed by atoms with Gasteiger partial charge in [0, 0.05) is 5.56 Å². The lowest BCUT2D eigenvalue weighted by atomic mass is 9.99. The molecule has 2 rings (SSSR count). The summed E-state index contributed by atoms with van der Waals surface area (Å²) < 4.78 is 17.9. The van der Waals surface area contributed by atoms with Crippen molar-refractivity contribution in [2.45, 2.75) is 38.8 Å². The molecule has 0 aliphatic carbocycles. The number of hydrogen-bond donors (Lipinski definition) is 1. The van der Waals surface area contributed by atoms with Crippen LogP contribution in [0.1, 0.15) is 37.6 Å². The number of rotatable bonds is 6. The van der Waals surface area contributed by atoms with Crippen LogP contribution >= 0.6 is 0 Å². The molecule has 3 amide bonds. The topological polar surface area (TPSA) is 92.8 Å². The molecule has 0 unspecified atom stereocenters. The van der Waals surface area contributed by atoms with E-state index < -0.39 is 47.7 Å². The van der Waals surface area contributed by atoms with E-state index in [4.69, 9.17) is 4.74 Å². The first kappa shape index (κ1) is 18.6. The lowest BCUT2D eigenvalue weighted by Crippen LogP contribution is -2.43. The summed E-state index contributed by atoms with van der Waals surface area (Å²) in [7, 11) is 0. The highest BCUT2D eigenvalue weighted by Gasteiger charge is 2.47. The van der Waals surface area contributed by atoms with E-state index >= 15 is 0 Å². The Morgan fingerprint density at radius 1 is 1.28 bits per heavy atom. The second kappa shape index (κ2) is 7.00. The van der Waals surface area contributed by atoms with Gasteiger partial charge < -0.3 is 10.1 Å². The molecule has 1 aromatic rings. The Balaban J connectivity index is 1.98. The molecule has 7 nitrogen and oxygen atoms in total. The lowest BCUT2D eigenvalue weighted by molar-refractivity contribution is -0.149. The van der Waals surface area contributed by atoms with E-state index in [1.54, 1.807) is 13.8 Å². The van der Waals surface area contributed by atoms with Crippen molar-refractivity contribution in [3.8, 4) is 0 Å². The van der Waals surface area contributed by atoms with Crippen LogP contribution < -0.4 is 5.32 Å². The van der Waals surface area contributed by atoms with E-state index in [9.17, 15) is 23.6 Å². The van der Waals surface area contributed by atoms with Crippen molar-refractivity contribution < 1.29 is 28.3 Å². The molecule has 1 aliphatic rings. The summed E-state index contributed by atoms with van der Waals surface area (Å²) in [5.74, 6) is -2.40. The van der Waals surface area contributed by atoms with Crippen LogP contribution in [0.3, 0.4) is 0 Å². The SMILES string of the molecule is CC[C@@]1(C)NC(=O)N(CC(=O)O[C@@H](C)C(=O)c2ccc(F)cc2)C1=O. The van der Waals surface area contributed by atoms with E-state index in [1.807, 2.05) is 0 Å². The minimum Gasteiger partial charge on any atom is -0.453 e. The zero-order valence-corrected chi connectivity index (χ0v) is 14.2. The van der Waals surface area contributed by atoms with E-state index in [2.05, 4.69) is 5.32 Å². The van der Waals surface area contributed by atoms with Gasteiger partial charge >= 0.3 is 12.0 Å². The normalized spacial score (nSPS) is 21.0. The van der Waals surface area contributed by atoms with Crippen molar-refractivity contribution >= 4 is 23.7 Å². The van der Waals surface area contributed by atoms with Crippen LogP contribution in [0.4, 0.5) is 9.18 Å². The zero-order valence-electron chi connectivity index (χ0n) is 14.2. The standard InChI is InChI=1S/C17H19FN2O5/c1-4-17(3)15(23)20(16(24)19-17)9-13(21)25-10(2)14(22)11-5-7-12(18)8-6-11/h5-8,10H,4,9H2,1-3H3,(H,19,24)/t10-,17+/m0/s1. The number of Topliss-reactive ketones (excluding diaryl/α,β-unsaturated/α-hetero) is 1. The van der Waals surface area contributed by atoms with Crippen LogP contribution in [0.5, 0.6) is 0 Å². The van der Waals surface area contributed by atoms with E-state index in [0.29, 0.717) is 6.42 Å². The molecular weight excluding hydrogens is 331 g/mol. The maximum atomic E-state index is 12.9. The number of urea groups is 1. The van der Waals surface area contributed by atoms with Crippen molar-refractivity contribution in [3.05, 3.63) is 35.6 Å². The maximum absolute atomic E-state index is 12.9. The van der Waals surface area contributed by atoms with Gasteiger partial charge in [-0.1, -0.05) is 6.92 Å². The number of carbonyl (C=O) groups excluding carboxylic acids is 4. The molecule has 0 bridgehead atoms. The minimum absolute atomic E-state index is 0.190. The molecule has 134 valence electrons. The maximum Gasteiger partial charge on any atom is 0.326 e. The molecule has 0 spiro atoms. The number of carbonyl (C=O) groups is 4. The van der Waals surface area contributed by atoms with Gasteiger partial charge in [0.2, 0.25) is 5.78 Å². The first-order valence-electron chi connectivity index (χ1n) is 7.81. The molecule has 0 saturated carbocycles. The Morgan fingerprint density at radius 3 is 2.40 bits per heavy atom. The highest BCUT2D eigenvalue weighted by Crippen LogP contribution is 2.20. The van der Waals surface area contributed by atoms with Crippen molar-refractivity contribution in [2.75, 3.05) is 6.54 Å². The summed E-state index contributed by atoms with van der Waals surface area (Å²) >= 11 is 0. The second-order valence-corrected chi connectivity index (χ2v) is 6.01. The Hall–Kier alpha value is -2.77. The van der Waals surface area contributed by atoms with Crippen LogP contribution in [0.15, 0.2) is 24.3 Å². The quantitative estimate of drug-likeness (QED) is 0.478. The Labute approximate surface area is 144 Å². The van der Waals surface area contributed by atoms with Crippen LogP contribution in [-0.4, -0.2) is 46.8 Å². The Morgan fingerprint density at radius 2 is 1.88 bits per heavy atom. The third kappa shape index (κ3) is 3.84. The van der Waals surface area contributed by atoms with Crippen LogP contribution in [0.25, 0.3) is 0 Å². The molecular formula is C17H19FN2O5. The van der Waals surface area contributed by atoms with Gasteiger partial charge in [-0.25, -0.2) is 9.18 Å². The van der Waals surface area contributed by atoms with Crippen LogP contribution in [0.2, 0.25) is 0 Å². The van der Waals surface area contributed by atoms with Gasteiger partial charge in [-0.15, -0.1) is 0 Å². The van der Waals surface area contributed by atoms with Gasteiger partial charge in [0.25, 0.3) is 5.91 Å². The average molecular weight is 350 g/mol. The van der Waals surface area contributed by atoms with Gasteiger partial charge in [0.05, 0.1) is 0 Å². The summed E-state index contributed by atoms with van der Waals surface area (Å²) in [5, 5.41) is 2.52. The predicted octanol–water partition coefficient (Wildman–Crippen LogP) is 1.66. The van der Waals surface area contributed by atoms with E-state index in [1.165, 1.54) is 19.1 Å². The fourth-order valence-electron chi connectivity index (χ4n) is 2.40. The number of nitrogens with one attached hydrogen (secondary N) is 1. The van der Waals surface area contributed by atoms with Crippen molar-refractivity contribution in [1.82, 2.24) is 10.2 Å². The summed E-state index contributed by atoms with van der Waals surface area (Å²) in [6, 6.07) is 4.14. The highest BCUT2D eigenvalue weighted by molar-refractivity contribution is 6.08. The molecule has 1 N–H and O–H groups in total. The first-order chi connectivity index (χ1) is 11.7. The Bertz CT molecular complexity index is 718. The number of esters is 1. The monoisotopic (exact) mass is 350 g/mol. The van der Waals surface area contributed by atoms with E-state index in [-0.39, 0.29) is 5.56 Å². The summed E-state index contributed by atoms with van der Waals surface area (Å²) in [6.07, 6.45) is -0.751. The number of hydrogen-bond acceptors (Lipinski definition) is 5. The van der Waals surface area contributed by atoms with Gasteiger partial charge in [0.1, 0.15) is 17.9 Å². The molecule has 0 aromatic heterocycles. The fraction of sp³-hybridized carbons (Fsp3) is 0.412. The summed E-state index contributed by atoms with van der Waals surface area (Å²) in [5.41, 5.74) is -0.859. The molecule has 1 heterocycles. The minimum atomic E-state index is -1.13. The number of benzene rings is 1. The van der Waals surface area contributed by atoms with Crippen molar-refractivity contribution in [3.63, 3.8) is 0 Å². The molecule has 25 heavy (non-hydrogen) atoms. The van der Waals surface area contributed by atoms with Gasteiger partial charge in [0.15, 0.2) is 6.10 Å². The van der Waals surface area contributed by atoms with Crippen molar-refractivity contribution in [1.29, 1.82) is 0 Å². The van der Waals surface area contributed by atoms with E-state index in [0.717, 1.165) is 17.0 Å². The number of ketones is 1. The lowest BCUT2D eigenvalue weighted by Gasteiger charge is -2.19. The molecule has 1 fully saturated rings. The smallest absolute Gasteiger partial charge is 0.326 e. The third-order valence-electron chi connectivity index (χ3n) is 4.15. The van der Waals surface area contributed by atoms with Crippen LogP contribution in [0, 0.1) is 5.82 Å². The summed E-state index contributed by atoms with van der Waals surface area (Å²) in [6.45, 7) is 4.09. The number of imide groups is 1. The number of nitrogens with zero attached hydrogens (tertiary/aromatic N) is 1. The largest absolute Gasteiger partial charge is 0.453 e. The number of halogens is 1. The van der Waals surface area contributed by atoms with Gasteiger partial charge in [-0.3, -0.25) is 19.3 Å². The predicted molar refractivity (Wildman–Crippen MR) is 85.2 cm³/mol. The van der Waals surface area contributed by atoms with Gasteiger partial charge in [-0.2, -0.15) is 0 Å². The molecule has 1 aliphatic heterocycles. The highest BCUT2D eigenvalue weighted by atomic mass is 19.1. The second-order valence-electron chi connectivity index (χ2n) is 6.01. The Kier molecular flexibility index (Phi) is 5.20. The third-order valence-corrected chi connectivity index (χ3v) is 4.15. The summed E-state index contributed by atoms with van der Waals surface area (Å²) in [4.78, 5) is 49.0. The number of amides is 3. The van der Waals surface area contributed by atoms with Crippen LogP contribution in [-0.2, 0) is 14.3 Å². The zero-order chi connectivity index (χ0) is 18.8. The molecule has 1 aromatic carbocycles. The first-order valence-corrected chi connectivity index (χ1v) is 7.81.